The van der Waals surface area contributed by atoms with E-state index in [1.165, 1.54) is 0 Å². The Morgan fingerprint density at radius 1 is 1.50 bits per heavy atom. The minimum atomic E-state index is -0.303. The Morgan fingerprint density at radius 3 is 2.94 bits per heavy atom. The van der Waals surface area contributed by atoms with Gasteiger partial charge in [0.15, 0.2) is 11.5 Å². The molecule has 1 heterocycles. The molecule has 1 aliphatic rings. The highest BCUT2D eigenvalue weighted by Gasteiger charge is 2.39. The van der Waals surface area contributed by atoms with Gasteiger partial charge in [-0.25, -0.2) is 4.98 Å². The minimum Gasteiger partial charge on any atom is -0.441 e. The molecular weight excluding hydrogens is 202 g/mol. The Labute approximate surface area is 94.1 Å². The summed E-state index contributed by atoms with van der Waals surface area (Å²) in [5.74, 6) is 1.74. The van der Waals surface area contributed by atoms with Gasteiger partial charge in [0.2, 0.25) is 0 Å². The zero-order chi connectivity index (χ0) is 11.1. The molecule has 2 aromatic rings. The van der Waals surface area contributed by atoms with Gasteiger partial charge in [-0.1, -0.05) is 19.1 Å². The third kappa shape index (κ3) is 1.71. The van der Waals surface area contributed by atoms with Crippen molar-refractivity contribution in [2.45, 2.75) is 25.9 Å². The van der Waals surface area contributed by atoms with Crippen molar-refractivity contribution in [2.75, 3.05) is 0 Å². The van der Waals surface area contributed by atoms with Crippen LogP contribution in [0.4, 0.5) is 0 Å². The molecule has 0 saturated heterocycles. The van der Waals surface area contributed by atoms with E-state index < -0.39 is 0 Å². The highest BCUT2D eigenvalue weighted by Crippen LogP contribution is 2.41. The highest BCUT2D eigenvalue weighted by molar-refractivity contribution is 5.72. The predicted octanol–water partition coefficient (Wildman–Crippen LogP) is 2.39. The quantitative estimate of drug-likeness (QED) is 0.858. The smallest absolute Gasteiger partial charge is 0.198 e. The van der Waals surface area contributed by atoms with E-state index in [-0.39, 0.29) is 6.10 Å². The second-order valence-corrected chi connectivity index (χ2v) is 4.72. The Hall–Kier alpha value is -1.35. The standard InChI is InChI=1S/C13H15NO2/c1-8-6-9(8)11(15)7-13-14-10-4-2-3-5-12(10)16-13/h2-5,8-9,11,15H,6-7H2,1H3. The van der Waals surface area contributed by atoms with E-state index in [1.807, 2.05) is 24.3 Å². The van der Waals surface area contributed by atoms with Gasteiger partial charge in [0.25, 0.3) is 0 Å². The van der Waals surface area contributed by atoms with Crippen molar-refractivity contribution in [2.24, 2.45) is 11.8 Å². The van der Waals surface area contributed by atoms with Crippen molar-refractivity contribution in [1.29, 1.82) is 0 Å². The van der Waals surface area contributed by atoms with Crippen LogP contribution in [0, 0.1) is 11.8 Å². The van der Waals surface area contributed by atoms with Crippen LogP contribution in [0.25, 0.3) is 11.1 Å². The van der Waals surface area contributed by atoms with Crippen molar-refractivity contribution < 1.29 is 9.52 Å². The molecule has 0 bridgehead atoms. The van der Waals surface area contributed by atoms with Gasteiger partial charge in [-0.2, -0.15) is 0 Å². The lowest BCUT2D eigenvalue weighted by atomic mass is 10.1. The maximum Gasteiger partial charge on any atom is 0.198 e. The third-order valence-electron chi connectivity index (χ3n) is 3.39. The number of hydrogen-bond acceptors (Lipinski definition) is 3. The molecule has 1 aliphatic carbocycles. The van der Waals surface area contributed by atoms with E-state index >= 15 is 0 Å². The Bertz CT molecular complexity index is 472. The molecule has 3 rings (SSSR count). The molecule has 0 radical (unpaired) electrons. The highest BCUT2D eigenvalue weighted by atomic mass is 16.4. The predicted molar refractivity (Wildman–Crippen MR) is 61.0 cm³/mol. The van der Waals surface area contributed by atoms with E-state index in [1.54, 1.807) is 0 Å². The fourth-order valence-corrected chi connectivity index (χ4v) is 2.22. The van der Waals surface area contributed by atoms with Crippen molar-refractivity contribution in [3.8, 4) is 0 Å². The van der Waals surface area contributed by atoms with Crippen molar-refractivity contribution in [3.63, 3.8) is 0 Å². The van der Waals surface area contributed by atoms with Crippen LogP contribution in [0.1, 0.15) is 19.2 Å². The van der Waals surface area contributed by atoms with E-state index in [0.717, 1.165) is 17.5 Å². The molecule has 0 aliphatic heterocycles. The lowest BCUT2D eigenvalue weighted by Crippen LogP contribution is -2.14. The molecule has 3 unspecified atom stereocenters. The van der Waals surface area contributed by atoms with Gasteiger partial charge in [0, 0.05) is 0 Å². The summed E-state index contributed by atoms with van der Waals surface area (Å²) in [7, 11) is 0. The lowest BCUT2D eigenvalue weighted by molar-refractivity contribution is 0.138. The first-order valence-electron chi connectivity index (χ1n) is 5.76. The molecule has 16 heavy (non-hydrogen) atoms. The largest absolute Gasteiger partial charge is 0.441 e. The molecule has 3 nitrogen and oxygen atoms in total. The maximum atomic E-state index is 9.94. The van der Waals surface area contributed by atoms with Crippen LogP contribution in [0.3, 0.4) is 0 Å². The Kier molecular flexibility index (Phi) is 2.21. The SMILES string of the molecule is CC1CC1C(O)Cc1nc2ccccc2o1. The van der Waals surface area contributed by atoms with Crippen molar-refractivity contribution in [1.82, 2.24) is 4.98 Å². The Balaban J connectivity index is 1.79. The van der Waals surface area contributed by atoms with E-state index in [2.05, 4.69) is 11.9 Å². The lowest BCUT2D eigenvalue weighted by Gasteiger charge is -2.05. The molecule has 1 N–H and O–H groups in total. The second-order valence-electron chi connectivity index (χ2n) is 4.72. The van der Waals surface area contributed by atoms with Gasteiger partial charge < -0.3 is 9.52 Å². The van der Waals surface area contributed by atoms with E-state index in [0.29, 0.717) is 24.1 Å². The first-order chi connectivity index (χ1) is 7.74. The molecule has 0 spiro atoms. The molecule has 84 valence electrons. The molecule has 1 fully saturated rings. The van der Waals surface area contributed by atoms with Crippen LogP contribution in [0.2, 0.25) is 0 Å². The summed E-state index contributed by atoms with van der Waals surface area (Å²) >= 11 is 0. The molecule has 1 saturated carbocycles. The summed E-state index contributed by atoms with van der Waals surface area (Å²) in [6.07, 6.45) is 1.36. The summed E-state index contributed by atoms with van der Waals surface area (Å²) in [5, 5.41) is 9.94. The summed E-state index contributed by atoms with van der Waals surface area (Å²) in [6.45, 7) is 2.17. The summed E-state index contributed by atoms with van der Waals surface area (Å²) in [5.41, 5.74) is 1.67. The second kappa shape index (κ2) is 3.59. The van der Waals surface area contributed by atoms with Crippen LogP contribution < -0.4 is 0 Å². The molecule has 1 aromatic carbocycles. The topological polar surface area (TPSA) is 46.3 Å². The number of rotatable bonds is 3. The van der Waals surface area contributed by atoms with Crippen molar-refractivity contribution >= 4 is 11.1 Å². The van der Waals surface area contributed by atoms with Crippen LogP contribution in [0.15, 0.2) is 28.7 Å². The first kappa shape index (κ1) is 9.85. The van der Waals surface area contributed by atoms with Crippen LogP contribution in [-0.4, -0.2) is 16.2 Å². The summed E-state index contributed by atoms with van der Waals surface area (Å²) < 4.78 is 5.58. The molecule has 3 heteroatoms. The molecule has 1 aromatic heterocycles. The van der Waals surface area contributed by atoms with Gasteiger partial charge >= 0.3 is 0 Å². The van der Waals surface area contributed by atoms with E-state index in [4.69, 9.17) is 4.42 Å². The van der Waals surface area contributed by atoms with Gasteiger partial charge in [0.05, 0.1) is 12.5 Å². The molecule has 3 atom stereocenters. The normalized spacial score (nSPS) is 25.9. The average molecular weight is 217 g/mol. The summed E-state index contributed by atoms with van der Waals surface area (Å²) in [4.78, 5) is 4.36. The number of nitrogens with zero attached hydrogens (tertiary/aromatic N) is 1. The zero-order valence-corrected chi connectivity index (χ0v) is 9.26. The number of aliphatic hydroxyl groups is 1. The first-order valence-corrected chi connectivity index (χ1v) is 5.76. The molecular formula is C13H15NO2. The van der Waals surface area contributed by atoms with Crippen LogP contribution in [-0.2, 0) is 6.42 Å². The monoisotopic (exact) mass is 217 g/mol. The Morgan fingerprint density at radius 2 is 2.25 bits per heavy atom. The third-order valence-corrected chi connectivity index (χ3v) is 3.39. The van der Waals surface area contributed by atoms with Gasteiger partial charge in [-0.15, -0.1) is 0 Å². The average Bonchev–Trinajstić information content (AvgIpc) is 2.87. The number of oxazole rings is 1. The van der Waals surface area contributed by atoms with Gasteiger partial charge in [0.1, 0.15) is 5.52 Å². The number of hydrogen-bond donors (Lipinski definition) is 1. The fraction of sp³-hybridized carbons (Fsp3) is 0.462. The van der Waals surface area contributed by atoms with Crippen LogP contribution >= 0.6 is 0 Å². The van der Waals surface area contributed by atoms with Crippen LogP contribution in [0.5, 0.6) is 0 Å². The number of aromatic nitrogens is 1. The van der Waals surface area contributed by atoms with Gasteiger partial charge in [-0.3, -0.25) is 0 Å². The maximum absolute atomic E-state index is 9.94. The number of para-hydroxylation sites is 2. The minimum absolute atomic E-state index is 0.303. The van der Waals surface area contributed by atoms with E-state index in [9.17, 15) is 5.11 Å². The van der Waals surface area contributed by atoms with Gasteiger partial charge in [-0.05, 0) is 30.4 Å². The summed E-state index contributed by atoms with van der Waals surface area (Å²) in [6, 6.07) is 7.69. The van der Waals surface area contributed by atoms with Crippen molar-refractivity contribution in [3.05, 3.63) is 30.2 Å². The zero-order valence-electron chi connectivity index (χ0n) is 9.26. The molecule has 0 amide bonds. The number of fused-ring (bicyclic) bond motifs is 1. The number of aliphatic hydroxyl groups excluding tert-OH is 1. The fourth-order valence-electron chi connectivity index (χ4n) is 2.22. The number of benzene rings is 1.